The lowest BCUT2D eigenvalue weighted by molar-refractivity contribution is -0.149. The number of ether oxygens (including phenoxy) is 2. The van der Waals surface area contributed by atoms with Crippen molar-refractivity contribution in [3.8, 4) is 17.6 Å². The van der Waals surface area contributed by atoms with Gasteiger partial charge in [0.25, 0.3) is 10.0 Å². The van der Waals surface area contributed by atoms with E-state index in [1.165, 1.54) is 12.1 Å². The fourth-order valence-electron chi connectivity index (χ4n) is 3.33. The third-order valence-electron chi connectivity index (χ3n) is 4.37. The normalized spacial score (nSPS) is 17.4. The summed E-state index contributed by atoms with van der Waals surface area (Å²) in [4.78, 5) is 22.3. The molecule has 162 valence electrons. The van der Waals surface area contributed by atoms with Gasteiger partial charge in [0.2, 0.25) is 5.91 Å². The summed E-state index contributed by atoms with van der Waals surface area (Å²) in [7, 11) is -4.40. The lowest BCUT2D eigenvalue weighted by Gasteiger charge is -2.19. The van der Waals surface area contributed by atoms with Crippen LogP contribution in [0.5, 0.6) is 11.5 Å². The third-order valence-corrected chi connectivity index (χ3v) is 5.87. The molecule has 0 radical (unpaired) electrons. The first-order valence-electron chi connectivity index (χ1n) is 8.91. The van der Waals surface area contributed by atoms with E-state index >= 15 is 0 Å². The van der Waals surface area contributed by atoms with Gasteiger partial charge in [-0.25, -0.2) is 21.9 Å². The van der Waals surface area contributed by atoms with E-state index in [2.05, 4.69) is 0 Å². The number of hydrogen-bond acceptors (Lipinski definition) is 7. The SMILES string of the molecule is CC(=O)NS(=O)(=O)c1ccc(Oc2cc(F)cc(C#N)c2)c2c1[C@H](OC(C)=O)[C@H](F)C2. The maximum Gasteiger partial charge on any atom is 0.303 e. The van der Waals surface area contributed by atoms with Gasteiger partial charge in [-0.2, -0.15) is 5.26 Å². The maximum atomic E-state index is 14.8. The van der Waals surface area contributed by atoms with Crippen LogP contribution in [0, 0.1) is 17.1 Å². The molecule has 0 aliphatic heterocycles. The van der Waals surface area contributed by atoms with Crippen molar-refractivity contribution in [2.45, 2.75) is 37.4 Å². The highest BCUT2D eigenvalue weighted by molar-refractivity contribution is 7.90. The van der Waals surface area contributed by atoms with Crippen LogP contribution in [0.15, 0.2) is 35.2 Å². The molecule has 0 saturated carbocycles. The van der Waals surface area contributed by atoms with Crippen LogP contribution in [0.3, 0.4) is 0 Å². The molecule has 1 N–H and O–H groups in total. The zero-order chi connectivity index (χ0) is 22.9. The third kappa shape index (κ3) is 4.64. The predicted molar refractivity (Wildman–Crippen MR) is 102 cm³/mol. The molecule has 1 amide bonds. The van der Waals surface area contributed by atoms with Crippen molar-refractivity contribution in [3.63, 3.8) is 0 Å². The number of nitriles is 1. The number of carbonyl (C=O) groups is 2. The van der Waals surface area contributed by atoms with Crippen LogP contribution in [0.25, 0.3) is 0 Å². The van der Waals surface area contributed by atoms with Crippen LogP contribution in [-0.4, -0.2) is 26.5 Å². The van der Waals surface area contributed by atoms with Crippen molar-refractivity contribution in [2.24, 2.45) is 0 Å². The van der Waals surface area contributed by atoms with E-state index in [0.717, 1.165) is 32.0 Å². The zero-order valence-electron chi connectivity index (χ0n) is 16.3. The fourth-order valence-corrected chi connectivity index (χ4v) is 4.59. The molecule has 1 aliphatic rings. The Hall–Kier alpha value is -3.52. The van der Waals surface area contributed by atoms with E-state index in [0.29, 0.717) is 0 Å². The van der Waals surface area contributed by atoms with Gasteiger partial charge in [0.15, 0.2) is 6.10 Å². The summed E-state index contributed by atoms with van der Waals surface area (Å²) >= 11 is 0. The zero-order valence-corrected chi connectivity index (χ0v) is 17.1. The number of sulfonamides is 1. The number of rotatable bonds is 5. The summed E-state index contributed by atoms with van der Waals surface area (Å²) < 4.78 is 66.1. The largest absolute Gasteiger partial charge is 0.457 e. The number of carbonyl (C=O) groups excluding carboxylic acids is 2. The highest BCUT2D eigenvalue weighted by Crippen LogP contribution is 2.45. The van der Waals surface area contributed by atoms with E-state index in [9.17, 15) is 26.8 Å². The first-order valence-corrected chi connectivity index (χ1v) is 10.4. The van der Waals surface area contributed by atoms with E-state index in [-0.39, 0.29) is 34.6 Å². The van der Waals surface area contributed by atoms with Gasteiger partial charge >= 0.3 is 5.97 Å². The molecule has 0 aromatic heterocycles. The monoisotopic (exact) mass is 450 g/mol. The molecular weight excluding hydrogens is 434 g/mol. The molecule has 3 rings (SSSR count). The van der Waals surface area contributed by atoms with Gasteiger partial charge < -0.3 is 9.47 Å². The minimum Gasteiger partial charge on any atom is -0.457 e. The highest BCUT2D eigenvalue weighted by Gasteiger charge is 2.42. The van der Waals surface area contributed by atoms with E-state index in [1.807, 2.05) is 0 Å². The van der Waals surface area contributed by atoms with Gasteiger partial charge in [0.1, 0.15) is 23.5 Å². The van der Waals surface area contributed by atoms with Crippen molar-refractivity contribution < 1.29 is 36.3 Å². The Labute approximate surface area is 176 Å². The second-order valence-corrected chi connectivity index (χ2v) is 8.41. The van der Waals surface area contributed by atoms with E-state index in [4.69, 9.17) is 14.7 Å². The minimum absolute atomic E-state index is 0.0106. The molecule has 0 unspecified atom stereocenters. The van der Waals surface area contributed by atoms with Gasteiger partial charge in [0.05, 0.1) is 16.5 Å². The molecule has 31 heavy (non-hydrogen) atoms. The number of fused-ring (bicyclic) bond motifs is 1. The van der Waals surface area contributed by atoms with Gasteiger partial charge in [0, 0.05) is 37.5 Å². The van der Waals surface area contributed by atoms with Gasteiger partial charge in [-0.15, -0.1) is 0 Å². The average Bonchev–Trinajstić information content (AvgIpc) is 2.96. The summed E-state index contributed by atoms with van der Waals surface area (Å²) in [5, 5.41) is 8.99. The number of nitrogens with one attached hydrogen (secondary N) is 1. The quantitative estimate of drug-likeness (QED) is 0.695. The van der Waals surface area contributed by atoms with Crippen LogP contribution in [-0.2, 0) is 30.8 Å². The predicted octanol–water partition coefficient (Wildman–Crippen LogP) is 2.81. The Morgan fingerprint density at radius 2 is 1.94 bits per heavy atom. The Bertz CT molecular complexity index is 1220. The molecule has 0 heterocycles. The Morgan fingerprint density at radius 1 is 1.23 bits per heavy atom. The molecule has 2 aromatic carbocycles. The van der Waals surface area contributed by atoms with Crippen LogP contribution >= 0.6 is 0 Å². The molecule has 2 atom stereocenters. The van der Waals surface area contributed by atoms with Crippen molar-refractivity contribution in [3.05, 3.63) is 52.8 Å². The van der Waals surface area contributed by atoms with Crippen LogP contribution in [0.4, 0.5) is 8.78 Å². The standard InChI is InChI=1S/C20H16F2N2O6S/c1-10(25)24-31(27,28)18-4-3-17(30-14-6-12(9-23)5-13(21)7-14)15-8-16(22)20(19(15)18)29-11(2)26/h3-7,16,20H,8H2,1-2H3,(H,24,25)/t16-,20-/m1/s1. The number of benzene rings is 2. The molecule has 0 spiro atoms. The van der Waals surface area contributed by atoms with Gasteiger partial charge in [-0.05, 0) is 24.3 Å². The molecule has 8 nitrogen and oxygen atoms in total. The summed E-state index contributed by atoms with van der Waals surface area (Å²) in [5.41, 5.74) is -0.114. The molecule has 1 aliphatic carbocycles. The summed E-state index contributed by atoms with van der Waals surface area (Å²) in [6.45, 7) is 2.04. The van der Waals surface area contributed by atoms with Gasteiger partial charge in [-0.3, -0.25) is 9.59 Å². The summed E-state index contributed by atoms with van der Waals surface area (Å²) in [5.74, 6) is -2.52. The number of alkyl halides is 1. The lowest BCUT2D eigenvalue weighted by Crippen LogP contribution is -2.29. The Kier molecular flexibility index (Phi) is 5.94. The molecule has 0 bridgehead atoms. The fraction of sp³-hybridized carbons (Fsp3) is 0.250. The van der Waals surface area contributed by atoms with Crippen molar-refractivity contribution in [1.29, 1.82) is 5.26 Å². The molecule has 11 heteroatoms. The number of esters is 1. The second-order valence-electron chi connectivity index (χ2n) is 6.76. The number of amides is 1. The molecule has 0 fully saturated rings. The number of hydrogen-bond donors (Lipinski definition) is 1. The van der Waals surface area contributed by atoms with Crippen LogP contribution in [0.2, 0.25) is 0 Å². The van der Waals surface area contributed by atoms with Crippen molar-refractivity contribution in [1.82, 2.24) is 4.72 Å². The molecule has 2 aromatic rings. The highest BCUT2D eigenvalue weighted by atomic mass is 32.2. The van der Waals surface area contributed by atoms with Crippen LogP contribution < -0.4 is 9.46 Å². The maximum absolute atomic E-state index is 14.8. The molecule has 0 saturated heterocycles. The summed E-state index contributed by atoms with van der Waals surface area (Å²) in [6, 6.07) is 7.30. The second kappa shape index (κ2) is 8.31. The van der Waals surface area contributed by atoms with E-state index in [1.54, 1.807) is 10.8 Å². The number of nitrogens with zero attached hydrogens (tertiary/aromatic N) is 1. The first-order chi connectivity index (χ1) is 14.5. The minimum atomic E-state index is -4.40. The van der Waals surface area contributed by atoms with Crippen molar-refractivity contribution >= 4 is 21.9 Å². The number of halogens is 2. The van der Waals surface area contributed by atoms with Crippen LogP contribution in [0.1, 0.15) is 36.6 Å². The van der Waals surface area contributed by atoms with Crippen molar-refractivity contribution in [2.75, 3.05) is 0 Å². The average molecular weight is 450 g/mol. The Morgan fingerprint density at radius 3 is 2.55 bits per heavy atom. The topological polar surface area (TPSA) is 123 Å². The van der Waals surface area contributed by atoms with Gasteiger partial charge in [-0.1, -0.05) is 0 Å². The molecular formula is C20H16F2N2O6S. The lowest BCUT2D eigenvalue weighted by atomic mass is 10.1. The smallest absolute Gasteiger partial charge is 0.303 e. The summed E-state index contributed by atoms with van der Waals surface area (Å²) in [6.07, 6.45) is -3.68. The van der Waals surface area contributed by atoms with E-state index < -0.39 is 44.9 Å². The Balaban J connectivity index is 2.16. The first kappa shape index (κ1) is 22.2.